The van der Waals surface area contributed by atoms with Crippen LogP contribution in [0, 0.1) is 0 Å². The van der Waals surface area contributed by atoms with Gasteiger partial charge in [-0.25, -0.2) is 30.0 Å². The predicted octanol–water partition coefficient (Wildman–Crippen LogP) is 2.03. The molecule has 0 aliphatic carbocycles. The van der Waals surface area contributed by atoms with Crippen LogP contribution in [0.1, 0.15) is 22.3 Å². The van der Waals surface area contributed by atoms with E-state index in [0.717, 1.165) is 48.5 Å². The molecule has 6 heterocycles. The van der Waals surface area contributed by atoms with Crippen molar-refractivity contribution in [1.29, 1.82) is 0 Å². The van der Waals surface area contributed by atoms with E-state index >= 15 is 0 Å². The standard InChI is InChI=1S/C33H18N8O12S4/c42-54(43,44)14-1-5-18-22(9-14)28-34-26(18)36-30-20-7-3-16(56(48,49)50)11-24(20)33-39-29-23-10-15(55(45,46)47)2-6-19(23)27(35-29)37-31-21-8-4-17(57(51,52)53)12-25(21)32(38-28)41(31)13-40(30)33/h1-12H,13H2,(H,42,43,44)(H,45,46,47)(H,48,49,50)(H,51,52,53). The minimum atomic E-state index is -4.79. The van der Waals surface area contributed by atoms with Gasteiger partial charge in [-0.05, 0) is 72.8 Å². The molecule has 6 bridgehead atoms. The summed E-state index contributed by atoms with van der Waals surface area (Å²) in [6, 6.07) is 14.5. The van der Waals surface area contributed by atoms with Gasteiger partial charge in [-0.15, -0.1) is 0 Å². The Hall–Kier alpha value is -6.12. The number of amidine groups is 4. The van der Waals surface area contributed by atoms with Crippen LogP contribution in [0.2, 0.25) is 0 Å². The van der Waals surface area contributed by atoms with Crippen LogP contribution in [0.3, 0.4) is 0 Å². The molecule has 6 aromatic rings. The van der Waals surface area contributed by atoms with Gasteiger partial charge in [-0.3, -0.25) is 27.3 Å². The summed E-state index contributed by atoms with van der Waals surface area (Å²) >= 11 is 0. The van der Waals surface area contributed by atoms with E-state index in [1.165, 1.54) is 33.4 Å². The Labute approximate surface area is 318 Å². The van der Waals surface area contributed by atoms with Crippen molar-refractivity contribution < 1.29 is 51.9 Å². The summed E-state index contributed by atoms with van der Waals surface area (Å²) in [5, 5.41) is 0.703. The molecule has 286 valence electrons. The Balaban J connectivity index is 1.44. The predicted molar refractivity (Wildman–Crippen MR) is 199 cm³/mol. The van der Waals surface area contributed by atoms with Crippen LogP contribution in [0.15, 0.2) is 122 Å². The van der Waals surface area contributed by atoms with Crippen molar-refractivity contribution in [3.8, 4) is 0 Å². The average Bonchev–Trinajstić information content (AvgIpc) is 3.82. The fourth-order valence-electron chi connectivity index (χ4n) is 7.11. The molecule has 24 heteroatoms. The highest BCUT2D eigenvalue weighted by atomic mass is 32.2. The zero-order valence-corrected chi connectivity index (χ0v) is 31.2. The summed E-state index contributed by atoms with van der Waals surface area (Å²) in [5.74, 6) is -0.225. The van der Waals surface area contributed by atoms with E-state index in [4.69, 9.17) is 20.0 Å². The first-order chi connectivity index (χ1) is 26.7. The molecule has 0 amide bonds. The second-order valence-corrected chi connectivity index (χ2v) is 18.7. The lowest BCUT2D eigenvalue weighted by atomic mass is 10.1. The first-order valence-electron chi connectivity index (χ1n) is 16.0. The maximum atomic E-state index is 12.4. The number of aromatic nitrogens is 2. The second-order valence-electron chi connectivity index (χ2n) is 13.0. The second kappa shape index (κ2) is 11.3. The molecule has 20 nitrogen and oxygen atoms in total. The lowest BCUT2D eigenvalue weighted by molar-refractivity contribution is 0.481. The molecule has 2 aromatic heterocycles. The maximum absolute atomic E-state index is 12.4. The van der Waals surface area contributed by atoms with E-state index in [-0.39, 0.29) is 96.4 Å². The molecular formula is C33H18N8O12S4. The van der Waals surface area contributed by atoms with Crippen LogP contribution in [0.5, 0.6) is 0 Å². The third kappa shape index (κ3) is 5.37. The highest BCUT2D eigenvalue weighted by Gasteiger charge is 2.32. The SMILES string of the molecule is O=S(=O)(O)c1ccc2c(c1)C1=NC2=Nc2c3ccc(S(=O)(=O)O)cc3c3n2Cn2c(c4ccc(S(=O)(=O)O)cc4c2=N1)=NC1=NC(=N3)c2cc(S(=O)(=O)O)ccc21. The van der Waals surface area contributed by atoms with Crippen molar-refractivity contribution >= 4 is 97.0 Å². The first kappa shape index (κ1) is 35.3. The Morgan fingerprint density at radius 3 is 1.30 bits per heavy atom. The summed E-state index contributed by atoms with van der Waals surface area (Å²) in [4.78, 5) is 26.5. The van der Waals surface area contributed by atoms with Crippen LogP contribution in [0.4, 0.5) is 11.6 Å². The van der Waals surface area contributed by atoms with Crippen LogP contribution >= 0.6 is 0 Å². The summed E-state index contributed by atoms with van der Waals surface area (Å²) in [6.45, 7) is -0.304. The van der Waals surface area contributed by atoms with Gasteiger partial charge >= 0.3 is 0 Å². The molecule has 0 saturated heterocycles. The summed E-state index contributed by atoms with van der Waals surface area (Å²) in [6.07, 6.45) is 0. The molecule has 10 rings (SSSR count). The van der Waals surface area contributed by atoms with E-state index in [0.29, 0.717) is 0 Å². The molecule has 4 aliphatic heterocycles. The van der Waals surface area contributed by atoms with Crippen molar-refractivity contribution in [2.24, 2.45) is 30.0 Å². The van der Waals surface area contributed by atoms with Gasteiger partial charge in [0.15, 0.2) is 23.3 Å². The van der Waals surface area contributed by atoms with Gasteiger partial charge in [0.25, 0.3) is 40.5 Å². The zero-order valence-electron chi connectivity index (χ0n) is 27.9. The van der Waals surface area contributed by atoms with Crippen molar-refractivity contribution in [3.63, 3.8) is 0 Å². The van der Waals surface area contributed by atoms with Gasteiger partial charge in [0.1, 0.15) is 29.3 Å². The molecule has 4 aliphatic rings. The van der Waals surface area contributed by atoms with E-state index in [1.54, 1.807) is 0 Å². The molecule has 0 radical (unpaired) electrons. The largest absolute Gasteiger partial charge is 0.294 e. The topological polar surface area (TPSA) is 302 Å². The molecule has 0 saturated carbocycles. The van der Waals surface area contributed by atoms with E-state index < -0.39 is 60.1 Å². The smallest absolute Gasteiger partial charge is 0.291 e. The van der Waals surface area contributed by atoms with Crippen LogP contribution in [-0.4, -0.2) is 84.4 Å². The van der Waals surface area contributed by atoms with Gasteiger partial charge in [0.05, 0.1) is 19.6 Å². The average molecular weight is 847 g/mol. The highest BCUT2D eigenvalue weighted by molar-refractivity contribution is 7.86. The summed E-state index contributed by atoms with van der Waals surface area (Å²) < 4.78 is 142. The van der Waals surface area contributed by atoms with Crippen molar-refractivity contribution in [1.82, 2.24) is 9.13 Å². The van der Waals surface area contributed by atoms with Gasteiger partial charge in [0, 0.05) is 43.8 Å². The molecule has 57 heavy (non-hydrogen) atoms. The van der Waals surface area contributed by atoms with E-state index in [1.807, 2.05) is 0 Å². The third-order valence-electron chi connectivity index (χ3n) is 9.66. The van der Waals surface area contributed by atoms with Gasteiger partial charge in [-0.2, -0.15) is 33.7 Å². The number of rotatable bonds is 4. The van der Waals surface area contributed by atoms with Crippen LogP contribution < -0.4 is 11.0 Å². The Kier molecular flexibility index (Phi) is 6.97. The van der Waals surface area contributed by atoms with Gasteiger partial charge < -0.3 is 0 Å². The third-order valence-corrected chi connectivity index (χ3v) is 13.1. The normalized spacial score (nSPS) is 15.9. The maximum Gasteiger partial charge on any atom is 0.294 e. The van der Waals surface area contributed by atoms with Crippen molar-refractivity contribution in [3.05, 3.63) is 106 Å². The zero-order chi connectivity index (χ0) is 40.1. The molecule has 4 N–H and O–H groups in total. The number of hydrogen-bond acceptors (Lipinski definition) is 14. The number of benzene rings is 4. The summed E-state index contributed by atoms with van der Waals surface area (Å²) in [5.41, 5.74) is 0.752. The highest BCUT2D eigenvalue weighted by Crippen LogP contribution is 2.42. The minimum absolute atomic E-state index is 0.0198. The van der Waals surface area contributed by atoms with E-state index in [2.05, 4.69) is 9.98 Å². The number of fused-ring (bicyclic) bond motifs is 14. The first-order valence-corrected chi connectivity index (χ1v) is 21.8. The lowest BCUT2D eigenvalue weighted by Crippen LogP contribution is -2.32. The minimum Gasteiger partial charge on any atom is -0.291 e. The fraction of sp³-hybridized carbons (Fsp3) is 0.0303. The van der Waals surface area contributed by atoms with Gasteiger partial charge in [-0.1, -0.05) is 0 Å². The van der Waals surface area contributed by atoms with Crippen molar-refractivity contribution in [2.75, 3.05) is 0 Å². The van der Waals surface area contributed by atoms with E-state index in [9.17, 15) is 51.9 Å². The molecule has 4 aromatic carbocycles. The Bertz CT molecular complexity index is 3720. The summed E-state index contributed by atoms with van der Waals surface area (Å²) in [7, 11) is -19.1. The monoisotopic (exact) mass is 846 g/mol. The molecular weight excluding hydrogens is 829 g/mol. The number of aliphatic imine (C=N–C) groups is 4. The van der Waals surface area contributed by atoms with Crippen LogP contribution in [-0.2, 0) is 47.1 Å². The van der Waals surface area contributed by atoms with Crippen molar-refractivity contribution in [2.45, 2.75) is 26.3 Å². The number of nitrogens with zero attached hydrogens (tertiary/aromatic N) is 8. The Morgan fingerprint density at radius 1 is 0.386 bits per heavy atom. The lowest BCUT2D eigenvalue weighted by Gasteiger charge is -2.12. The Morgan fingerprint density at radius 2 is 0.772 bits per heavy atom. The fourth-order valence-corrected chi connectivity index (χ4v) is 9.14. The molecule has 0 unspecified atom stereocenters. The number of hydrogen-bond donors (Lipinski definition) is 4. The molecule has 0 fully saturated rings. The van der Waals surface area contributed by atoms with Crippen LogP contribution in [0.25, 0.3) is 21.5 Å². The molecule has 0 spiro atoms. The van der Waals surface area contributed by atoms with Gasteiger partial charge in [0.2, 0.25) is 0 Å². The molecule has 0 atom stereocenters. The quantitative estimate of drug-likeness (QED) is 0.185.